The van der Waals surface area contributed by atoms with Crippen molar-refractivity contribution in [3.63, 3.8) is 0 Å². The number of benzene rings is 2. The second-order valence-electron chi connectivity index (χ2n) is 7.25. The Bertz CT molecular complexity index is 828. The molecule has 3 rings (SSSR count). The van der Waals surface area contributed by atoms with Gasteiger partial charge in [0.05, 0.1) is 5.69 Å². The normalized spacial score (nSPS) is 10.8. The van der Waals surface area contributed by atoms with E-state index < -0.39 is 0 Å². The maximum atomic E-state index is 13.0. The number of hydrogen-bond acceptors (Lipinski definition) is 2. The van der Waals surface area contributed by atoms with Gasteiger partial charge in [0, 0.05) is 31.7 Å². The Morgan fingerprint density at radius 3 is 1.89 bits per heavy atom. The monoisotopic (exact) mass is 375 g/mol. The van der Waals surface area contributed by atoms with Crippen molar-refractivity contribution < 1.29 is 4.79 Å². The van der Waals surface area contributed by atoms with Gasteiger partial charge in [-0.25, -0.2) is 0 Å². The molecule has 0 atom stereocenters. The average Bonchev–Trinajstić information content (AvgIpc) is 3.04. The quantitative estimate of drug-likeness (QED) is 0.562. The second-order valence-corrected chi connectivity index (χ2v) is 7.25. The number of aryl methyl sites for hydroxylation is 3. The SMILES string of the molecule is Cc1cc(C)n(CCC(=O)N(CCc2ccccc2)CCc2ccccc2)n1. The number of nitrogens with zero attached hydrogens (tertiary/aromatic N) is 3. The third-order valence-electron chi connectivity index (χ3n) is 5.02. The minimum atomic E-state index is 0.194. The number of aromatic nitrogens is 2. The highest BCUT2D eigenvalue weighted by molar-refractivity contribution is 5.76. The maximum absolute atomic E-state index is 13.0. The van der Waals surface area contributed by atoms with Crippen LogP contribution >= 0.6 is 0 Å². The summed E-state index contributed by atoms with van der Waals surface area (Å²) in [6.07, 6.45) is 2.23. The third kappa shape index (κ3) is 5.81. The molecular formula is C24H29N3O. The molecule has 1 aromatic heterocycles. The van der Waals surface area contributed by atoms with E-state index in [-0.39, 0.29) is 5.91 Å². The molecule has 28 heavy (non-hydrogen) atoms. The number of amides is 1. The van der Waals surface area contributed by atoms with Crippen LogP contribution in [-0.4, -0.2) is 33.7 Å². The van der Waals surface area contributed by atoms with Crippen molar-refractivity contribution in [2.24, 2.45) is 0 Å². The average molecular weight is 376 g/mol. The van der Waals surface area contributed by atoms with Crippen LogP contribution in [0.2, 0.25) is 0 Å². The fourth-order valence-corrected chi connectivity index (χ4v) is 3.44. The van der Waals surface area contributed by atoms with Crippen molar-refractivity contribution in [3.8, 4) is 0 Å². The number of carbonyl (C=O) groups excluding carboxylic acids is 1. The highest BCUT2D eigenvalue weighted by Crippen LogP contribution is 2.08. The van der Waals surface area contributed by atoms with E-state index in [1.54, 1.807) is 0 Å². The molecular weight excluding hydrogens is 346 g/mol. The first kappa shape index (κ1) is 19.9. The number of hydrogen-bond donors (Lipinski definition) is 0. The largest absolute Gasteiger partial charge is 0.342 e. The van der Waals surface area contributed by atoms with E-state index in [0.717, 1.165) is 37.3 Å². The van der Waals surface area contributed by atoms with Crippen LogP contribution in [0, 0.1) is 13.8 Å². The van der Waals surface area contributed by atoms with E-state index in [2.05, 4.69) is 29.4 Å². The van der Waals surface area contributed by atoms with Gasteiger partial charge in [0.15, 0.2) is 0 Å². The molecule has 0 aliphatic carbocycles. The van der Waals surface area contributed by atoms with E-state index in [4.69, 9.17) is 0 Å². The van der Waals surface area contributed by atoms with Crippen LogP contribution in [0.3, 0.4) is 0 Å². The van der Waals surface area contributed by atoms with Gasteiger partial charge in [-0.15, -0.1) is 0 Å². The molecule has 0 spiro atoms. The topological polar surface area (TPSA) is 38.1 Å². The summed E-state index contributed by atoms with van der Waals surface area (Å²) in [7, 11) is 0. The predicted octanol–water partition coefficient (Wildman–Crippen LogP) is 4.20. The molecule has 146 valence electrons. The summed E-state index contributed by atoms with van der Waals surface area (Å²) in [6.45, 7) is 6.13. The van der Waals surface area contributed by atoms with Gasteiger partial charge in [-0.05, 0) is 43.9 Å². The summed E-state index contributed by atoms with van der Waals surface area (Å²) in [5.74, 6) is 0.194. The van der Waals surface area contributed by atoms with E-state index >= 15 is 0 Å². The van der Waals surface area contributed by atoms with Crippen molar-refractivity contribution in [3.05, 3.63) is 89.2 Å². The fourth-order valence-electron chi connectivity index (χ4n) is 3.44. The number of rotatable bonds is 9. The highest BCUT2D eigenvalue weighted by atomic mass is 16.2. The van der Waals surface area contributed by atoms with Crippen LogP contribution in [-0.2, 0) is 24.2 Å². The molecule has 0 saturated carbocycles. The van der Waals surface area contributed by atoms with Gasteiger partial charge in [0.25, 0.3) is 0 Å². The molecule has 4 heteroatoms. The molecule has 4 nitrogen and oxygen atoms in total. The van der Waals surface area contributed by atoms with Crippen LogP contribution in [0.4, 0.5) is 0 Å². The minimum Gasteiger partial charge on any atom is -0.342 e. The van der Waals surface area contributed by atoms with Crippen LogP contribution in [0.25, 0.3) is 0 Å². The third-order valence-corrected chi connectivity index (χ3v) is 5.02. The van der Waals surface area contributed by atoms with Crippen molar-refractivity contribution >= 4 is 5.91 Å². The van der Waals surface area contributed by atoms with Gasteiger partial charge >= 0.3 is 0 Å². The first-order valence-corrected chi connectivity index (χ1v) is 9.98. The van der Waals surface area contributed by atoms with Gasteiger partial charge in [-0.2, -0.15) is 5.10 Å². The Morgan fingerprint density at radius 2 is 1.43 bits per heavy atom. The molecule has 0 saturated heterocycles. The van der Waals surface area contributed by atoms with Crippen molar-refractivity contribution in [2.45, 2.75) is 39.7 Å². The lowest BCUT2D eigenvalue weighted by molar-refractivity contribution is -0.131. The summed E-state index contributed by atoms with van der Waals surface area (Å²) in [5, 5.41) is 4.47. The molecule has 0 radical (unpaired) electrons. The Kier molecular flexibility index (Phi) is 7.01. The molecule has 0 aliphatic rings. The lowest BCUT2D eigenvalue weighted by Crippen LogP contribution is -2.35. The predicted molar refractivity (Wildman–Crippen MR) is 113 cm³/mol. The summed E-state index contributed by atoms with van der Waals surface area (Å²) >= 11 is 0. The summed E-state index contributed by atoms with van der Waals surface area (Å²) in [4.78, 5) is 15.0. The standard InChI is InChI=1S/C24H29N3O/c1-20-19-21(2)27(25-20)18-15-24(28)26(16-13-22-9-5-3-6-10-22)17-14-23-11-7-4-8-12-23/h3-12,19H,13-18H2,1-2H3. The molecule has 1 heterocycles. The van der Waals surface area contributed by atoms with Gasteiger partial charge < -0.3 is 4.90 Å². The van der Waals surface area contributed by atoms with E-state index in [0.29, 0.717) is 13.0 Å². The summed E-state index contributed by atoms with van der Waals surface area (Å²) in [5.41, 5.74) is 4.62. The Labute approximate surface area is 167 Å². The van der Waals surface area contributed by atoms with Crippen molar-refractivity contribution in [2.75, 3.05) is 13.1 Å². The zero-order valence-electron chi connectivity index (χ0n) is 16.8. The van der Waals surface area contributed by atoms with Crippen LogP contribution < -0.4 is 0 Å². The molecule has 0 aliphatic heterocycles. The van der Waals surface area contributed by atoms with Gasteiger partial charge in [-0.1, -0.05) is 60.7 Å². The molecule has 0 fully saturated rings. The van der Waals surface area contributed by atoms with Crippen molar-refractivity contribution in [1.82, 2.24) is 14.7 Å². The summed E-state index contributed by atoms with van der Waals surface area (Å²) < 4.78 is 1.93. The first-order valence-electron chi connectivity index (χ1n) is 9.98. The van der Waals surface area contributed by atoms with Gasteiger partial charge in [-0.3, -0.25) is 9.48 Å². The molecule has 0 unspecified atom stereocenters. The van der Waals surface area contributed by atoms with Crippen LogP contribution in [0.5, 0.6) is 0 Å². The smallest absolute Gasteiger partial charge is 0.224 e. The molecule has 1 amide bonds. The van der Waals surface area contributed by atoms with E-state index in [1.165, 1.54) is 11.1 Å². The Balaban J connectivity index is 1.61. The molecule has 0 bridgehead atoms. The Morgan fingerprint density at radius 1 is 0.893 bits per heavy atom. The molecule has 3 aromatic rings. The molecule has 0 N–H and O–H groups in total. The fraction of sp³-hybridized carbons (Fsp3) is 0.333. The van der Waals surface area contributed by atoms with E-state index in [9.17, 15) is 4.79 Å². The zero-order chi connectivity index (χ0) is 19.8. The van der Waals surface area contributed by atoms with E-state index in [1.807, 2.05) is 65.9 Å². The minimum absolute atomic E-state index is 0.194. The zero-order valence-corrected chi connectivity index (χ0v) is 16.8. The van der Waals surface area contributed by atoms with Gasteiger partial charge in [0.1, 0.15) is 0 Å². The van der Waals surface area contributed by atoms with Crippen molar-refractivity contribution in [1.29, 1.82) is 0 Å². The summed E-state index contributed by atoms with van der Waals surface area (Å²) in [6, 6.07) is 22.8. The highest BCUT2D eigenvalue weighted by Gasteiger charge is 2.14. The number of carbonyl (C=O) groups is 1. The van der Waals surface area contributed by atoms with Crippen LogP contribution in [0.1, 0.15) is 28.9 Å². The van der Waals surface area contributed by atoms with Crippen LogP contribution in [0.15, 0.2) is 66.7 Å². The maximum Gasteiger partial charge on any atom is 0.224 e. The Hall–Kier alpha value is -2.88. The first-order chi connectivity index (χ1) is 13.6. The lowest BCUT2D eigenvalue weighted by atomic mass is 10.1. The lowest BCUT2D eigenvalue weighted by Gasteiger charge is -2.23. The molecule has 2 aromatic carbocycles. The second kappa shape index (κ2) is 9.88. The van der Waals surface area contributed by atoms with Gasteiger partial charge in [0.2, 0.25) is 5.91 Å².